The lowest BCUT2D eigenvalue weighted by Crippen LogP contribution is -1.88. The average Bonchev–Trinajstić information content (AvgIpc) is 2.11. The molecule has 0 heterocycles. The van der Waals surface area contributed by atoms with Crippen molar-refractivity contribution in [2.24, 2.45) is 0 Å². The monoisotopic (exact) mass is 236 g/mol. The summed E-state index contributed by atoms with van der Waals surface area (Å²) in [5, 5.41) is 0. The average molecular weight is 237 g/mol. The first-order valence-electron chi connectivity index (χ1n) is 4.31. The van der Waals surface area contributed by atoms with Crippen LogP contribution in [0.15, 0.2) is 18.2 Å². The van der Waals surface area contributed by atoms with E-state index < -0.39 is 11.6 Å². The number of hydrogen-bond donors (Lipinski definition) is 0. The molecule has 0 nitrogen and oxygen atoms in total. The Morgan fingerprint density at radius 1 is 1.14 bits per heavy atom. The Morgan fingerprint density at radius 2 is 1.79 bits per heavy atom. The van der Waals surface area contributed by atoms with Gasteiger partial charge in [0.2, 0.25) is 0 Å². The van der Waals surface area contributed by atoms with Crippen molar-refractivity contribution in [1.29, 1.82) is 0 Å². The predicted molar refractivity (Wildman–Crippen MR) is 57.9 cm³/mol. The summed E-state index contributed by atoms with van der Waals surface area (Å²) >= 11 is 7.13. The van der Waals surface area contributed by atoms with E-state index >= 15 is 0 Å². The van der Waals surface area contributed by atoms with Crippen molar-refractivity contribution < 1.29 is 8.78 Å². The standard InChI is InChI=1S/C10H11ClF2S/c11-2-1-3-14-7-8-4-9(12)6-10(13)5-8/h4-6H,1-3,7H2. The van der Waals surface area contributed by atoms with Crippen LogP contribution in [0.25, 0.3) is 0 Å². The Kier molecular flexibility index (Phi) is 5.26. The van der Waals surface area contributed by atoms with Crippen LogP contribution in [0, 0.1) is 11.6 Å². The number of halogens is 3. The Balaban J connectivity index is 2.42. The summed E-state index contributed by atoms with van der Waals surface area (Å²) in [5.41, 5.74) is 0.682. The maximum absolute atomic E-state index is 12.7. The summed E-state index contributed by atoms with van der Waals surface area (Å²) in [4.78, 5) is 0. The van der Waals surface area contributed by atoms with Crippen LogP contribution < -0.4 is 0 Å². The van der Waals surface area contributed by atoms with Gasteiger partial charge in [-0.15, -0.1) is 11.6 Å². The molecule has 1 aromatic rings. The molecule has 0 saturated carbocycles. The number of hydrogen-bond acceptors (Lipinski definition) is 1. The van der Waals surface area contributed by atoms with Crippen LogP contribution in [0.3, 0.4) is 0 Å². The Bertz CT molecular complexity index is 271. The topological polar surface area (TPSA) is 0 Å². The molecule has 0 atom stereocenters. The Hall–Kier alpha value is -0.280. The first-order valence-corrected chi connectivity index (χ1v) is 6.00. The van der Waals surface area contributed by atoms with Gasteiger partial charge in [-0.2, -0.15) is 11.8 Å². The fraction of sp³-hybridized carbons (Fsp3) is 0.400. The van der Waals surface area contributed by atoms with Gasteiger partial charge in [0.1, 0.15) is 11.6 Å². The lowest BCUT2D eigenvalue weighted by molar-refractivity contribution is 0.581. The van der Waals surface area contributed by atoms with Gasteiger partial charge in [-0.1, -0.05) is 0 Å². The van der Waals surface area contributed by atoms with Gasteiger partial charge < -0.3 is 0 Å². The molecule has 0 saturated heterocycles. The Morgan fingerprint density at radius 3 is 2.36 bits per heavy atom. The van der Waals surface area contributed by atoms with E-state index in [4.69, 9.17) is 11.6 Å². The second kappa shape index (κ2) is 6.25. The molecule has 0 aliphatic heterocycles. The van der Waals surface area contributed by atoms with Crippen LogP contribution in [0.1, 0.15) is 12.0 Å². The molecule has 0 aliphatic carbocycles. The fourth-order valence-electron chi connectivity index (χ4n) is 1.04. The summed E-state index contributed by atoms with van der Waals surface area (Å²) in [6.07, 6.45) is 0.921. The third-order valence-electron chi connectivity index (χ3n) is 1.61. The van der Waals surface area contributed by atoms with Crippen molar-refractivity contribution in [1.82, 2.24) is 0 Å². The smallest absolute Gasteiger partial charge is 0.126 e. The van der Waals surface area contributed by atoms with Crippen LogP contribution in [0.4, 0.5) is 8.78 Å². The van der Waals surface area contributed by atoms with Crippen molar-refractivity contribution in [3.05, 3.63) is 35.4 Å². The van der Waals surface area contributed by atoms with Gasteiger partial charge in [0.25, 0.3) is 0 Å². The van der Waals surface area contributed by atoms with E-state index in [1.165, 1.54) is 12.1 Å². The van der Waals surface area contributed by atoms with E-state index in [0.717, 1.165) is 18.2 Å². The van der Waals surface area contributed by atoms with Gasteiger partial charge in [0, 0.05) is 17.7 Å². The Labute approximate surface area is 91.6 Å². The molecule has 0 aromatic heterocycles. The van der Waals surface area contributed by atoms with Gasteiger partial charge >= 0.3 is 0 Å². The molecule has 0 unspecified atom stereocenters. The van der Waals surface area contributed by atoms with E-state index in [1.54, 1.807) is 11.8 Å². The quantitative estimate of drug-likeness (QED) is 0.553. The van der Waals surface area contributed by atoms with Crippen molar-refractivity contribution >= 4 is 23.4 Å². The SMILES string of the molecule is Fc1cc(F)cc(CSCCCCl)c1. The summed E-state index contributed by atoms with van der Waals surface area (Å²) in [5.74, 6) is 1.15. The van der Waals surface area contributed by atoms with Crippen molar-refractivity contribution in [2.75, 3.05) is 11.6 Å². The minimum atomic E-state index is -0.516. The highest BCUT2D eigenvalue weighted by molar-refractivity contribution is 7.98. The molecular formula is C10H11ClF2S. The summed E-state index contributed by atoms with van der Waals surface area (Å²) in [6.45, 7) is 0. The molecular weight excluding hydrogens is 226 g/mol. The maximum atomic E-state index is 12.7. The van der Waals surface area contributed by atoms with E-state index in [1.807, 2.05) is 0 Å². The fourth-order valence-corrected chi connectivity index (χ4v) is 2.23. The van der Waals surface area contributed by atoms with Gasteiger partial charge in [-0.25, -0.2) is 8.78 Å². The van der Waals surface area contributed by atoms with Crippen LogP contribution in [-0.2, 0) is 5.75 Å². The zero-order valence-corrected chi connectivity index (χ0v) is 9.18. The maximum Gasteiger partial charge on any atom is 0.126 e. The van der Waals surface area contributed by atoms with E-state index in [9.17, 15) is 8.78 Å². The van der Waals surface area contributed by atoms with Crippen molar-refractivity contribution in [3.8, 4) is 0 Å². The molecule has 0 bridgehead atoms. The molecule has 0 spiro atoms. The number of rotatable bonds is 5. The van der Waals surface area contributed by atoms with Gasteiger partial charge in [-0.05, 0) is 29.9 Å². The zero-order chi connectivity index (χ0) is 10.4. The number of benzene rings is 1. The predicted octanol–water partition coefficient (Wildman–Crippen LogP) is 3.83. The zero-order valence-electron chi connectivity index (χ0n) is 7.60. The number of alkyl halides is 1. The lowest BCUT2D eigenvalue weighted by atomic mass is 10.2. The summed E-state index contributed by atoms with van der Waals surface area (Å²) < 4.78 is 25.5. The van der Waals surface area contributed by atoms with E-state index in [0.29, 0.717) is 17.2 Å². The first-order chi connectivity index (χ1) is 6.72. The molecule has 0 fully saturated rings. The summed E-state index contributed by atoms with van der Waals surface area (Å²) in [6, 6.07) is 3.60. The molecule has 1 aromatic carbocycles. The van der Waals surface area contributed by atoms with Crippen LogP contribution in [0.5, 0.6) is 0 Å². The highest BCUT2D eigenvalue weighted by Gasteiger charge is 2.00. The minimum absolute atomic E-state index is 0.516. The van der Waals surface area contributed by atoms with Crippen molar-refractivity contribution in [2.45, 2.75) is 12.2 Å². The molecule has 0 aliphatic rings. The molecule has 4 heteroatoms. The van der Waals surface area contributed by atoms with Crippen LogP contribution in [0.2, 0.25) is 0 Å². The van der Waals surface area contributed by atoms with E-state index in [2.05, 4.69) is 0 Å². The third kappa shape index (κ3) is 4.29. The van der Waals surface area contributed by atoms with Crippen LogP contribution in [-0.4, -0.2) is 11.6 Å². The lowest BCUT2D eigenvalue weighted by Gasteiger charge is -2.01. The minimum Gasteiger partial charge on any atom is -0.207 e. The molecule has 0 N–H and O–H groups in total. The number of thioether (sulfide) groups is 1. The van der Waals surface area contributed by atoms with Crippen molar-refractivity contribution in [3.63, 3.8) is 0 Å². The first kappa shape index (κ1) is 11.8. The largest absolute Gasteiger partial charge is 0.207 e. The third-order valence-corrected chi connectivity index (χ3v) is 3.00. The van der Waals surface area contributed by atoms with Gasteiger partial charge in [0.15, 0.2) is 0 Å². The molecule has 0 radical (unpaired) electrons. The highest BCUT2D eigenvalue weighted by atomic mass is 35.5. The normalized spacial score (nSPS) is 10.5. The van der Waals surface area contributed by atoms with Gasteiger partial charge in [0.05, 0.1) is 0 Å². The molecule has 0 amide bonds. The molecule has 78 valence electrons. The molecule has 14 heavy (non-hydrogen) atoms. The highest BCUT2D eigenvalue weighted by Crippen LogP contribution is 2.15. The van der Waals surface area contributed by atoms with Gasteiger partial charge in [-0.3, -0.25) is 0 Å². The summed E-state index contributed by atoms with van der Waals surface area (Å²) in [7, 11) is 0. The second-order valence-electron chi connectivity index (χ2n) is 2.87. The van der Waals surface area contributed by atoms with Crippen LogP contribution >= 0.6 is 23.4 Å². The second-order valence-corrected chi connectivity index (χ2v) is 4.36. The molecule has 1 rings (SSSR count). The van der Waals surface area contributed by atoms with E-state index in [-0.39, 0.29) is 0 Å².